The normalized spacial score (nSPS) is 10.9. The molecule has 5 nitrogen and oxygen atoms in total. The molecule has 0 bridgehead atoms. The van der Waals surface area contributed by atoms with Crippen LogP contribution in [0.1, 0.15) is 30.5 Å². The van der Waals surface area contributed by atoms with Gasteiger partial charge in [0.15, 0.2) is 5.65 Å². The van der Waals surface area contributed by atoms with Crippen molar-refractivity contribution in [3.8, 4) is 6.01 Å². The molecule has 1 N–H and O–H groups in total. The van der Waals surface area contributed by atoms with Crippen molar-refractivity contribution < 1.29 is 4.74 Å². The van der Waals surface area contributed by atoms with Gasteiger partial charge < -0.3 is 4.74 Å². The van der Waals surface area contributed by atoms with E-state index in [-0.39, 0.29) is 11.6 Å². The van der Waals surface area contributed by atoms with Crippen molar-refractivity contribution in [1.29, 1.82) is 0 Å². The van der Waals surface area contributed by atoms with E-state index in [1.807, 2.05) is 13.0 Å². The molecule has 0 unspecified atom stereocenters. The fourth-order valence-corrected chi connectivity index (χ4v) is 2.58. The maximum atomic E-state index is 12.0. The summed E-state index contributed by atoms with van der Waals surface area (Å²) in [6.45, 7) is 2.41. The Balaban J connectivity index is 1.48. The molecule has 124 valence electrons. The Morgan fingerprint density at radius 3 is 2.67 bits per heavy atom. The molecule has 5 heteroatoms. The largest absolute Gasteiger partial charge is 0.465 e. The summed E-state index contributed by atoms with van der Waals surface area (Å²) in [6.07, 6.45) is 4.20. The van der Waals surface area contributed by atoms with Crippen molar-refractivity contribution >= 4 is 11.0 Å². The summed E-state index contributed by atoms with van der Waals surface area (Å²) in [5.74, 6) is 0. The first kappa shape index (κ1) is 16.2. The molecular formula is C19H21N3O2. The minimum Gasteiger partial charge on any atom is -0.465 e. The Morgan fingerprint density at radius 2 is 1.83 bits per heavy atom. The topological polar surface area (TPSA) is 67.9 Å². The van der Waals surface area contributed by atoms with Crippen LogP contribution in [0.25, 0.3) is 11.0 Å². The zero-order valence-electron chi connectivity index (χ0n) is 13.8. The lowest BCUT2D eigenvalue weighted by molar-refractivity contribution is 0.282. The maximum absolute atomic E-state index is 12.0. The first-order valence-electron chi connectivity index (χ1n) is 8.27. The predicted octanol–water partition coefficient (Wildman–Crippen LogP) is 3.42. The summed E-state index contributed by atoms with van der Waals surface area (Å²) in [6, 6.07) is 14.2. The molecule has 0 amide bonds. The number of aromatic nitrogens is 3. The number of nitrogens with zero attached hydrogens (tertiary/aromatic N) is 2. The van der Waals surface area contributed by atoms with E-state index >= 15 is 0 Å². The number of hydrogen-bond acceptors (Lipinski definition) is 4. The molecule has 2 aromatic heterocycles. The lowest BCUT2D eigenvalue weighted by atomic mass is 10.1. The number of rotatable bonds is 7. The van der Waals surface area contributed by atoms with Crippen molar-refractivity contribution in [2.45, 2.75) is 32.6 Å². The molecule has 1 aromatic carbocycles. The number of hydrogen-bond donors (Lipinski definition) is 1. The number of benzene rings is 1. The van der Waals surface area contributed by atoms with Gasteiger partial charge in [-0.1, -0.05) is 30.3 Å². The Kier molecular flexibility index (Phi) is 5.21. The standard InChI is InChI=1S/C19H21N3O2/c1-14-11-12-16-17(20-14)21-19(22-18(16)23)24-13-7-3-6-10-15-8-4-2-5-9-15/h2,4-5,8-9,11-12H,3,6-7,10,13H2,1H3,(H,20,21,22,23). The SMILES string of the molecule is Cc1ccc2c(=O)[nH]c(OCCCCCc3ccccc3)nc2n1. The van der Waals surface area contributed by atoms with Crippen LogP contribution in [0.5, 0.6) is 6.01 Å². The third-order valence-corrected chi connectivity index (χ3v) is 3.88. The molecule has 0 atom stereocenters. The molecule has 0 fully saturated rings. The van der Waals surface area contributed by atoms with Gasteiger partial charge >= 0.3 is 0 Å². The Bertz CT molecular complexity index is 859. The van der Waals surface area contributed by atoms with E-state index < -0.39 is 0 Å². The minimum atomic E-state index is -0.216. The lowest BCUT2D eigenvalue weighted by Crippen LogP contribution is -2.12. The third kappa shape index (κ3) is 4.19. The van der Waals surface area contributed by atoms with E-state index in [1.165, 1.54) is 5.56 Å². The van der Waals surface area contributed by atoms with Gasteiger partial charge in [0.2, 0.25) is 0 Å². The second kappa shape index (κ2) is 7.73. The highest BCUT2D eigenvalue weighted by Crippen LogP contribution is 2.10. The van der Waals surface area contributed by atoms with Gasteiger partial charge in [-0.25, -0.2) is 4.98 Å². The van der Waals surface area contributed by atoms with Gasteiger partial charge in [0.25, 0.3) is 11.6 Å². The van der Waals surface area contributed by atoms with Crippen LogP contribution < -0.4 is 10.3 Å². The molecule has 3 rings (SSSR count). The van der Waals surface area contributed by atoms with Crippen LogP contribution in [0.3, 0.4) is 0 Å². The molecule has 0 saturated heterocycles. The monoisotopic (exact) mass is 323 g/mol. The molecular weight excluding hydrogens is 302 g/mol. The number of nitrogens with one attached hydrogen (secondary N) is 1. The number of fused-ring (bicyclic) bond motifs is 1. The Labute approximate surface area is 140 Å². The van der Waals surface area contributed by atoms with Gasteiger partial charge in [0.05, 0.1) is 12.0 Å². The van der Waals surface area contributed by atoms with E-state index in [0.29, 0.717) is 17.6 Å². The molecule has 0 aliphatic carbocycles. The van der Waals surface area contributed by atoms with E-state index in [0.717, 1.165) is 31.4 Å². The van der Waals surface area contributed by atoms with Crippen LogP contribution in [0.15, 0.2) is 47.3 Å². The number of ether oxygens (including phenoxy) is 1. The summed E-state index contributed by atoms with van der Waals surface area (Å²) in [5.41, 5.74) is 2.40. The Hall–Kier alpha value is -2.69. The van der Waals surface area contributed by atoms with Gasteiger partial charge in [-0.3, -0.25) is 9.78 Å². The third-order valence-electron chi connectivity index (χ3n) is 3.88. The van der Waals surface area contributed by atoms with Crippen LogP contribution in [-0.2, 0) is 6.42 Å². The molecule has 0 aliphatic rings. The van der Waals surface area contributed by atoms with Gasteiger partial charge in [0, 0.05) is 5.69 Å². The van der Waals surface area contributed by atoms with Crippen molar-refractivity contribution in [3.63, 3.8) is 0 Å². The summed E-state index contributed by atoms with van der Waals surface area (Å²) < 4.78 is 5.58. The van der Waals surface area contributed by atoms with E-state index in [9.17, 15) is 4.79 Å². The number of aryl methyl sites for hydroxylation is 2. The molecule has 0 saturated carbocycles. The molecule has 0 radical (unpaired) electrons. The van der Waals surface area contributed by atoms with Gasteiger partial charge in [-0.2, -0.15) is 4.98 Å². The van der Waals surface area contributed by atoms with Crippen LogP contribution >= 0.6 is 0 Å². The average molecular weight is 323 g/mol. The summed E-state index contributed by atoms with van der Waals surface area (Å²) >= 11 is 0. The lowest BCUT2D eigenvalue weighted by Gasteiger charge is -2.06. The van der Waals surface area contributed by atoms with Crippen molar-refractivity contribution in [3.05, 3.63) is 64.1 Å². The predicted molar refractivity (Wildman–Crippen MR) is 94.4 cm³/mol. The van der Waals surface area contributed by atoms with E-state index in [2.05, 4.69) is 39.2 Å². The van der Waals surface area contributed by atoms with E-state index in [1.54, 1.807) is 12.1 Å². The fraction of sp³-hybridized carbons (Fsp3) is 0.316. The van der Waals surface area contributed by atoms with Crippen molar-refractivity contribution in [1.82, 2.24) is 15.0 Å². The molecule has 0 spiro atoms. The quantitative estimate of drug-likeness (QED) is 0.677. The zero-order valence-corrected chi connectivity index (χ0v) is 13.8. The van der Waals surface area contributed by atoms with Gasteiger partial charge in [0.1, 0.15) is 0 Å². The second-order valence-electron chi connectivity index (χ2n) is 5.84. The number of H-pyrrole nitrogens is 1. The van der Waals surface area contributed by atoms with Gasteiger partial charge in [-0.05, 0) is 50.3 Å². The van der Waals surface area contributed by atoms with Crippen molar-refractivity contribution in [2.75, 3.05) is 6.61 Å². The van der Waals surface area contributed by atoms with E-state index in [4.69, 9.17) is 4.74 Å². The molecule has 0 aliphatic heterocycles. The smallest absolute Gasteiger partial charge is 0.298 e. The summed E-state index contributed by atoms with van der Waals surface area (Å²) in [7, 11) is 0. The number of unbranched alkanes of at least 4 members (excludes halogenated alkanes) is 2. The highest BCUT2D eigenvalue weighted by atomic mass is 16.5. The molecule has 3 aromatic rings. The first-order chi connectivity index (χ1) is 11.7. The minimum absolute atomic E-state index is 0.216. The van der Waals surface area contributed by atoms with Crippen LogP contribution in [-0.4, -0.2) is 21.6 Å². The highest BCUT2D eigenvalue weighted by molar-refractivity contribution is 5.73. The van der Waals surface area contributed by atoms with Crippen molar-refractivity contribution in [2.24, 2.45) is 0 Å². The fourth-order valence-electron chi connectivity index (χ4n) is 2.58. The number of pyridine rings is 1. The van der Waals surface area contributed by atoms with Crippen LogP contribution in [0.4, 0.5) is 0 Å². The summed E-state index contributed by atoms with van der Waals surface area (Å²) in [4.78, 5) is 23.2. The van der Waals surface area contributed by atoms with Gasteiger partial charge in [-0.15, -0.1) is 0 Å². The van der Waals surface area contributed by atoms with Crippen LogP contribution in [0, 0.1) is 6.92 Å². The first-order valence-corrected chi connectivity index (χ1v) is 8.27. The number of aromatic amines is 1. The van der Waals surface area contributed by atoms with Crippen LogP contribution in [0.2, 0.25) is 0 Å². The maximum Gasteiger partial charge on any atom is 0.298 e. The zero-order chi connectivity index (χ0) is 16.8. The Morgan fingerprint density at radius 1 is 1.00 bits per heavy atom. The molecule has 24 heavy (non-hydrogen) atoms. The average Bonchev–Trinajstić information content (AvgIpc) is 2.58. The highest BCUT2D eigenvalue weighted by Gasteiger charge is 2.06. The second-order valence-corrected chi connectivity index (χ2v) is 5.84. The summed E-state index contributed by atoms with van der Waals surface area (Å²) in [5, 5.41) is 0.482. The molecule has 2 heterocycles.